The molecule has 0 aliphatic rings. The number of aromatic nitrogens is 1. The topological polar surface area (TPSA) is 51.5 Å². The van der Waals surface area contributed by atoms with E-state index in [1.54, 1.807) is 11.7 Å². The molecule has 4 nitrogen and oxygen atoms in total. The first kappa shape index (κ1) is 9.15. The van der Waals surface area contributed by atoms with Crippen LogP contribution in [0.5, 0.6) is 0 Å². The summed E-state index contributed by atoms with van der Waals surface area (Å²) in [6.45, 7) is 0. The van der Waals surface area contributed by atoms with Crippen LogP contribution in [0.2, 0.25) is 4.47 Å². The van der Waals surface area contributed by atoms with Crippen LogP contribution >= 0.6 is 22.9 Å². The third-order valence-electron chi connectivity index (χ3n) is 0.998. The number of carbonyl (C=O) groups excluding carboxylic acids is 1. The fraction of sp³-hybridized carbons (Fsp3) is 0.167. The number of hydrogen-bond donors (Lipinski definition) is 0. The molecule has 0 aliphatic carbocycles. The summed E-state index contributed by atoms with van der Waals surface area (Å²) >= 11 is 6.76. The molecule has 0 atom stereocenters. The van der Waals surface area contributed by atoms with Crippen LogP contribution in [-0.2, 0) is 9.63 Å². The lowest BCUT2D eigenvalue weighted by Crippen LogP contribution is -2.02. The smallest absolute Gasteiger partial charge is 0.259 e. The van der Waals surface area contributed by atoms with Crippen molar-refractivity contribution in [3.63, 3.8) is 0 Å². The molecule has 0 saturated heterocycles. The zero-order chi connectivity index (χ0) is 8.97. The van der Waals surface area contributed by atoms with Gasteiger partial charge in [-0.1, -0.05) is 16.8 Å². The Bertz CT molecular complexity index is 310. The van der Waals surface area contributed by atoms with Gasteiger partial charge in [-0.3, -0.25) is 4.79 Å². The van der Waals surface area contributed by atoms with Gasteiger partial charge in [0, 0.05) is 5.38 Å². The molecule has 1 aromatic heterocycles. The van der Waals surface area contributed by atoms with E-state index in [1.165, 1.54) is 18.4 Å². The maximum Gasteiger partial charge on any atom is 0.259 e. The van der Waals surface area contributed by atoms with Crippen LogP contribution in [0, 0.1) is 0 Å². The summed E-state index contributed by atoms with van der Waals surface area (Å²) in [5.74, 6) is 0. The number of oxime groups is 1. The third kappa shape index (κ3) is 2.02. The summed E-state index contributed by atoms with van der Waals surface area (Å²) in [6.07, 6.45) is 1.59. The molecule has 12 heavy (non-hydrogen) atoms. The Morgan fingerprint density at radius 2 is 2.67 bits per heavy atom. The molecule has 63 valence electrons. The quantitative estimate of drug-likeness (QED) is 0.549. The van der Waals surface area contributed by atoms with Gasteiger partial charge in [0.15, 0.2) is 10.2 Å². The van der Waals surface area contributed by atoms with E-state index in [-0.39, 0.29) is 5.71 Å². The van der Waals surface area contributed by atoms with Gasteiger partial charge >= 0.3 is 0 Å². The van der Waals surface area contributed by atoms with Crippen molar-refractivity contribution in [1.29, 1.82) is 0 Å². The molecule has 0 fully saturated rings. The molecule has 0 saturated carbocycles. The summed E-state index contributed by atoms with van der Waals surface area (Å²) in [5, 5.41) is 5.01. The summed E-state index contributed by atoms with van der Waals surface area (Å²) < 4.78 is 0.351. The highest BCUT2D eigenvalue weighted by Crippen LogP contribution is 2.15. The number of rotatable bonds is 3. The van der Waals surface area contributed by atoms with Crippen LogP contribution in [0.4, 0.5) is 0 Å². The second-order valence-corrected chi connectivity index (χ2v) is 3.15. The monoisotopic (exact) mass is 203 g/mol. The highest BCUT2D eigenvalue weighted by atomic mass is 35.5. The van der Waals surface area contributed by atoms with E-state index in [2.05, 4.69) is 15.0 Å². The number of hydrogen-bond acceptors (Lipinski definition) is 5. The molecule has 0 spiro atoms. The van der Waals surface area contributed by atoms with Crippen molar-refractivity contribution < 1.29 is 9.63 Å². The molecule has 6 heteroatoms. The summed E-state index contributed by atoms with van der Waals surface area (Å²) in [5.41, 5.74) is 0.391. The Morgan fingerprint density at radius 1 is 1.92 bits per heavy atom. The molecule has 0 aliphatic heterocycles. The van der Waals surface area contributed by atoms with Gasteiger partial charge < -0.3 is 4.84 Å². The largest absolute Gasteiger partial charge is 0.398 e. The van der Waals surface area contributed by atoms with Crippen molar-refractivity contribution in [3.05, 3.63) is 15.5 Å². The van der Waals surface area contributed by atoms with Crippen LogP contribution in [0.15, 0.2) is 10.5 Å². The van der Waals surface area contributed by atoms with Gasteiger partial charge in [-0.25, -0.2) is 4.98 Å². The van der Waals surface area contributed by atoms with E-state index in [0.29, 0.717) is 10.2 Å². The number of halogens is 1. The fourth-order valence-electron chi connectivity index (χ4n) is 0.570. The Balaban J connectivity index is 2.94. The highest BCUT2D eigenvalue weighted by molar-refractivity contribution is 7.14. The van der Waals surface area contributed by atoms with E-state index in [9.17, 15) is 4.79 Å². The van der Waals surface area contributed by atoms with Gasteiger partial charge in [0.25, 0.3) is 6.29 Å². The Kier molecular flexibility index (Phi) is 3.19. The Labute approximate surface area is 77.8 Å². The van der Waals surface area contributed by atoms with Crippen LogP contribution < -0.4 is 0 Å². The normalized spacial score (nSPS) is 11.3. The minimum absolute atomic E-state index is 0.0145. The molecule has 0 N–H and O–H groups in total. The van der Waals surface area contributed by atoms with E-state index < -0.39 is 0 Å². The molecule has 0 aromatic carbocycles. The highest BCUT2D eigenvalue weighted by Gasteiger charge is 2.08. The maximum absolute atomic E-state index is 10.3. The second kappa shape index (κ2) is 4.18. The lowest BCUT2D eigenvalue weighted by Gasteiger charge is -1.89. The summed E-state index contributed by atoms with van der Waals surface area (Å²) in [7, 11) is 1.34. The van der Waals surface area contributed by atoms with E-state index in [4.69, 9.17) is 11.6 Å². The third-order valence-corrected chi connectivity index (χ3v) is 1.98. The fourth-order valence-corrected chi connectivity index (χ4v) is 1.32. The molecule has 1 heterocycles. The molecular weight excluding hydrogens is 200 g/mol. The minimum Gasteiger partial charge on any atom is -0.398 e. The van der Waals surface area contributed by atoms with E-state index in [0.717, 1.165) is 0 Å². The van der Waals surface area contributed by atoms with Gasteiger partial charge in [-0.2, -0.15) is 0 Å². The van der Waals surface area contributed by atoms with Crippen molar-refractivity contribution >= 4 is 34.9 Å². The second-order valence-electron chi connectivity index (χ2n) is 1.71. The molecule has 1 radical (unpaired) electrons. The van der Waals surface area contributed by atoms with Crippen LogP contribution in [0.25, 0.3) is 0 Å². The minimum atomic E-state index is 0.0145. The number of nitrogens with zero attached hydrogens (tertiary/aromatic N) is 2. The first-order chi connectivity index (χ1) is 5.77. The average Bonchev–Trinajstić information content (AvgIpc) is 2.47. The molecule has 1 rings (SSSR count). The SMILES string of the molecule is CON=C([C]=O)c1csc(Cl)n1. The summed E-state index contributed by atoms with van der Waals surface area (Å²) in [6, 6.07) is 0. The van der Waals surface area contributed by atoms with E-state index >= 15 is 0 Å². The predicted molar refractivity (Wildman–Crippen MR) is 46.4 cm³/mol. The van der Waals surface area contributed by atoms with E-state index in [1.807, 2.05) is 0 Å². The van der Waals surface area contributed by atoms with Gasteiger partial charge in [-0.05, 0) is 0 Å². The van der Waals surface area contributed by atoms with Gasteiger partial charge in [0.05, 0.1) is 0 Å². The average molecular weight is 204 g/mol. The van der Waals surface area contributed by atoms with Crippen LogP contribution in [-0.4, -0.2) is 24.1 Å². The molecular formula is C6H4ClN2O2S. The van der Waals surface area contributed by atoms with Gasteiger partial charge in [0.1, 0.15) is 12.8 Å². The van der Waals surface area contributed by atoms with Crippen LogP contribution in [0.3, 0.4) is 0 Å². The van der Waals surface area contributed by atoms with Crippen molar-refractivity contribution in [2.24, 2.45) is 5.16 Å². The molecule has 0 unspecified atom stereocenters. The van der Waals surface area contributed by atoms with Crippen molar-refractivity contribution in [2.75, 3.05) is 7.11 Å². The molecule has 0 bridgehead atoms. The van der Waals surface area contributed by atoms with Gasteiger partial charge in [-0.15, -0.1) is 11.3 Å². The first-order valence-corrected chi connectivity index (χ1v) is 4.14. The van der Waals surface area contributed by atoms with Crippen molar-refractivity contribution in [1.82, 2.24) is 4.98 Å². The zero-order valence-electron chi connectivity index (χ0n) is 6.07. The predicted octanol–water partition coefficient (Wildman–Crippen LogP) is 1.26. The standard InChI is InChI=1S/C6H4ClN2O2S/c1-11-9-4(2-10)5-3-12-6(7)8-5/h3H,1H3. The van der Waals surface area contributed by atoms with Gasteiger partial charge in [0.2, 0.25) is 0 Å². The molecule has 1 aromatic rings. The lowest BCUT2D eigenvalue weighted by atomic mass is 10.3. The zero-order valence-corrected chi connectivity index (χ0v) is 7.65. The maximum atomic E-state index is 10.3. The first-order valence-electron chi connectivity index (χ1n) is 2.88. The molecule has 0 amide bonds. The lowest BCUT2D eigenvalue weighted by molar-refractivity contribution is 0.214. The van der Waals surface area contributed by atoms with Crippen LogP contribution in [0.1, 0.15) is 5.69 Å². The van der Waals surface area contributed by atoms with Crippen molar-refractivity contribution in [3.8, 4) is 0 Å². The van der Waals surface area contributed by atoms with Crippen molar-refractivity contribution in [2.45, 2.75) is 0 Å². The Hall–Kier alpha value is -0.940. The number of thiazole rings is 1. The summed E-state index contributed by atoms with van der Waals surface area (Å²) in [4.78, 5) is 18.5. The Morgan fingerprint density at radius 3 is 3.08 bits per heavy atom.